The zero-order chi connectivity index (χ0) is 33.0. The molecule has 1 heteroatoms. The summed E-state index contributed by atoms with van der Waals surface area (Å²) in [7, 11) is 0. The molecule has 48 heavy (non-hydrogen) atoms. The van der Waals surface area contributed by atoms with Crippen molar-refractivity contribution in [1.29, 1.82) is 0 Å². The van der Waals surface area contributed by atoms with Crippen LogP contribution in [0.25, 0.3) is 43.8 Å². The first-order valence-electron chi connectivity index (χ1n) is 17.3. The molecule has 0 saturated carbocycles. The largest absolute Gasteiger partial charge is 0.309 e. The normalized spacial score (nSPS) is 16.2. The average molecular weight is 620 g/mol. The summed E-state index contributed by atoms with van der Waals surface area (Å²) in [6.45, 7) is 14.5. The average Bonchev–Trinajstić information content (AvgIpc) is 3.33. The van der Waals surface area contributed by atoms with E-state index in [1.54, 1.807) is 0 Å². The highest BCUT2D eigenvalue weighted by Crippen LogP contribution is 2.58. The fraction of sp³-hybridized carbons (Fsp3) is 0.191. The van der Waals surface area contributed by atoms with Crippen LogP contribution in [0, 0.1) is 0 Å². The molecule has 0 unspecified atom stereocenters. The Kier molecular flexibility index (Phi) is 6.01. The van der Waals surface area contributed by atoms with E-state index in [0.29, 0.717) is 0 Å². The van der Waals surface area contributed by atoms with E-state index in [1.807, 2.05) is 0 Å². The van der Waals surface area contributed by atoms with Gasteiger partial charge in [0.25, 0.3) is 0 Å². The third-order valence-electron chi connectivity index (χ3n) is 12.2. The van der Waals surface area contributed by atoms with Crippen molar-refractivity contribution in [3.05, 3.63) is 162 Å². The topological polar surface area (TPSA) is 3.24 Å². The first kappa shape index (κ1) is 29.0. The molecule has 0 amide bonds. The maximum absolute atomic E-state index is 2.57. The van der Waals surface area contributed by atoms with Crippen molar-refractivity contribution in [2.75, 3.05) is 4.90 Å². The highest BCUT2D eigenvalue weighted by Gasteiger charge is 2.46. The molecule has 0 N–H and O–H groups in total. The molecular weight excluding hydrogens is 579 g/mol. The predicted octanol–water partition coefficient (Wildman–Crippen LogP) is 13.0. The second-order valence-corrected chi connectivity index (χ2v) is 15.4. The monoisotopic (exact) mass is 619 g/mol. The van der Waals surface area contributed by atoms with Crippen molar-refractivity contribution >= 4 is 38.6 Å². The SMILES string of the molecule is CC1(C)c2ccccc2-c2c1cc1ccccc1c2N(c1ccc2c(c1)C(C)(C)C(C)(C)c1ccccc1-2)c1ccc2ccccc2c1. The molecule has 0 aliphatic heterocycles. The van der Waals surface area contributed by atoms with Crippen molar-refractivity contribution < 1.29 is 0 Å². The lowest BCUT2D eigenvalue weighted by Gasteiger charge is -2.48. The van der Waals surface area contributed by atoms with Crippen molar-refractivity contribution in [3.63, 3.8) is 0 Å². The molecule has 234 valence electrons. The Hall–Kier alpha value is -5.14. The minimum atomic E-state index is -0.120. The second kappa shape index (κ2) is 9.94. The number of hydrogen-bond donors (Lipinski definition) is 0. The molecule has 0 saturated heterocycles. The van der Waals surface area contributed by atoms with Crippen LogP contribution in [0.3, 0.4) is 0 Å². The van der Waals surface area contributed by atoms with Crippen molar-refractivity contribution in [3.8, 4) is 22.3 Å². The van der Waals surface area contributed by atoms with Crippen LogP contribution in [0.2, 0.25) is 0 Å². The maximum atomic E-state index is 2.57. The predicted molar refractivity (Wildman–Crippen MR) is 205 cm³/mol. The standard InChI is InChI=1S/C47H41N/c1-45(2)39-21-13-12-20-38(39)43-42(45)28-32-17-9-10-18-35(32)44(43)48(33-24-23-30-15-7-8-16-31(30)27-33)34-25-26-37-36-19-11-14-22-40(36)46(3,4)47(5,6)41(37)29-34/h7-29H,1-6H3. The molecule has 0 bridgehead atoms. The Bertz CT molecular complexity index is 2440. The molecule has 0 radical (unpaired) electrons. The molecule has 1 nitrogen and oxygen atoms in total. The van der Waals surface area contributed by atoms with Crippen LogP contribution in [-0.4, -0.2) is 0 Å². The van der Waals surface area contributed by atoms with E-state index in [4.69, 9.17) is 0 Å². The molecule has 2 aliphatic rings. The van der Waals surface area contributed by atoms with E-state index < -0.39 is 0 Å². The van der Waals surface area contributed by atoms with E-state index in [9.17, 15) is 0 Å². The van der Waals surface area contributed by atoms with Gasteiger partial charge in [-0.05, 0) is 96.3 Å². The van der Waals surface area contributed by atoms with Crippen LogP contribution in [0.15, 0.2) is 140 Å². The van der Waals surface area contributed by atoms with Gasteiger partial charge in [0.15, 0.2) is 0 Å². The van der Waals surface area contributed by atoms with Crippen LogP contribution in [0.5, 0.6) is 0 Å². The summed E-state index contributed by atoms with van der Waals surface area (Å²) in [6.07, 6.45) is 0. The van der Waals surface area contributed by atoms with E-state index in [1.165, 1.54) is 83.1 Å². The summed E-state index contributed by atoms with van der Waals surface area (Å²) in [6, 6.07) is 52.4. The van der Waals surface area contributed by atoms with Gasteiger partial charge in [0.2, 0.25) is 0 Å². The van der Waals surface area contributed by atoms with Crippen LogP contribution in [-0.2, 0) is 16.2 Å². The molecule has 0 atom stereocenters. The molecule has 9 rings (SSSR count). The lowest BCUT2D eigenvalue weighted by Crippen LogP contribution is -2.43. The number of anilines is 3. The Balaban J connectivity index is 1.41. The van der Waals surface area contributed by atoms with Gasteiger partial charge in [0, 0.05) is 27.7 Å². The quantitative estimate of drug-likeness (QED) is 0.190. The fourth-order valence-corrected chi connectivity index (χ4v) is 8.80. The van der Waals surface area contributed by atoms with Crippen LogP contribution in [0.1, 0.15) is 63.8 Å². The van der Waals surface area contributed by atoms with Crippen molar-refractivity contribution in [2.24, 2.45) is 0 Å². The highest BCUT2D eigenvalue weighted by atomic mass is 15.1. The molecule has 0 fully saturated rings. The summed E-state index contributed by atoms with van der Waals surface area (Å²) >= 11 is 0. The minimum absolute atomic E-state index is 0.0490. The molecule has 0 heterocycles. The van der Waals surface area contributed by atoms with Gasteiger partial charge in [-0.3, -0.25) is 0 Å². The zero-order valence-electron chi connectivity index (χ0n) is 28.7. The van der Waals surface area contributed by atoms with Crippen molar-refractivity contribution in [1.82, 2.24) is 0 Å². The Labute approximate surface area is 284 Å². The molecule has 0 spiro atoms. The number of benzene rings is 7. The van der Waals surface area contributed by atoms with Gasteiger partial charge in [-0.1, -0.05) is 151 Å². The second-order valence-electron chi connectivity index (χ2n) is 15.4. The maximum Gasteiger partial charge on any atom is 0.0621 e. The van der Waals surface area contributed by atoms with Gasteiger partial charge in [0.1, 0.15) is 0 Å². The van der Waals surface area contributed by atoms with E-state index in [2.05, 4.69) is 186 Å². The summed E-state index contributed by atoms with van der Waals surface area (Å²) in [4.78, 5) is 2.57. The summed E-state index contributed by atoms with van der Waals surface area (Å²) < 4.78 is 0. The first-order chi connectivity index (χ1) is 23.1. The van der Waals surface area contributed by atoms with Gasteiger partial charge in [0.05, 0.1) is 5.69 Å². The number of nitrogens with zero attached hydrogens (tertiary/aromatic N) is 1. The Morgan fingerprint density at radius 2 is 0.958 bits per heavy atom. The summed E-state index contributed by atoms with van der Waals surface area (Å²) in [5, 5.41) is 5.03. The number of fused-ring (bicyclic) bond motifs is 8. The first-order valence-corrected chi connectivity index (χ1v) is 17.3. The molecule has 7 aromatic carbocycles. The number of rotatable bonds is 3. The fourth-order valence-electron chi connectivity index (χ4n) is 8.80. The van der Waals surface area contributed by atoms with Crippen molar-refractivity contribution in [2.45, 2.75) is 57.8 Å². The third-order valence-corrected chi connectivity index (χ3v) is 12.2. The Morgan fingerprint density at radius 3 is 1.75 bits per heavy atom. The minimum Gasteiger partial charge on any atom is -0.309 e. The van der Waals surface area contributed by atoms with Crippen LogP contribution < -0.4 is 4.90 Å². The van der Waals surface area contributed by atoms with Crippen LogP contribution in [0.4, 0.5) is 17.1 Å². The zero-order valence-corrected chi connectivity index (χ0v) is 28.7. The van der Waals surface area contributed by atoms with Gasteiger partial charge in [-0.25, -0.2) is 0 Å². The molecule has 7 aromatic rings. The van der Waals surface area contributed by atoms with E-state index >= 15 is 0 Å². The summed E-state index contributed by atoms with van der Waals surface area (Å²) in [5.74, 6) is 0. The number of hydrogen-bond acceptors (Lipinski definition) is 1. The van der Waals surface area contributed by atoms with E-state index in [-0.39, 0.29) is 16.2 Å². The summed E-state index contributed by atoms with van der Waals surface area (Å²) in [5.41, 5.74) is 14.3. The molecular formula is C47H41N. The van der Waals surface area contributed by atoms with Gasteiger partial charge < -0.3 is 4.90 Å². The highest BCUT2D eigenvalue weighted by molar-refractivity contribution is 6.10. The van der Waals surface area contributed by atoms with Gasteiger partial charge >= 0.3 is 0 Å². The van der Waals surface area contributed by atoms with Gasteiger partial charge in [-0.15, -0.1) is 0 Å². The molecule has 2 aliphatic carbocycles. The molecule has 0 aromatic heterocycles. The lowest BCUT2D eigenvalue weighted by atomic mass is 9.55. The third kappa shape index (κ3) is 3.85. The van der Waals surface area contributed by atoms with E-state index in [0.717, 1.165) is 0 Å². The lowest BCUT2D eigenvalue weighted by molar-refractivity contribution is 0.299. The van der Waals surface area contributed by atoms with Crippen LogP contribution >= 0.6 is 0 Å². The van der Waals surface area contributed by atoms with Gasteiger partial charge in [-0.2, -0.15) is 0 Å². The smallest absolute Gasteiger partial charge is 0.0621 e. The Morgan fingerprint density at radius 1 is 0.396 bits per heavy atom.